The summed E-state index contributed by atoms with van der Waals surface area (Å²) in [4.78, 5) is 43.3. The lowest BCUT2D eigenvalue weighted by molar-refractivity contribution is -0.148. The van der Waals surface area contributed by atoms with Crippen molar-refractivity contribution >= 4 is 34.8 Å². The first-order chi connectivity index (χ1) is 20.2. The predicted molar refractivity (Wildman–Crippen MR) is 161 cm³/mol. The van der Waals surface area contributed by atoms with Crippen LogP contribution in [0.5, 0.6) is 5.75 Å². The predicted octanol–water partition coefficient (Wildman–Crippen LogP) is 3.02. The van der Waals surface area contributed by atoms with Crippen molar-refractivity contribution in [3.63, 3.8) is 0 Å². The molecule has 6 N–H and O–H groups in total. The Labute approximate surface area is 254 Å². The summed E-state index contributed by atoms with van der Waals surface area (Å²) in [6.45, 7) is 0. The van der Waals surface area contributed by atoms with E-state index in [1.165, 1.54) is 4.90 Å². The van der Waals surface area contributed by atoms with Crippen molar-refractivity contribution in [1.29, 1.82) is 0 Å². The van der Waals surface area contributed by atoms with Crippen molar-refractivity contribution in [2.75, 3.05) is 33.1 Å². The zero-order valence-corrected chi connectivity index (χ0v) is 25.3. The lowest BCUT2D eigenvalue weighted by atomic mass is 9.58. The maximum atomic E-state index is 14.2. The molecule has 0 bridgehead atoms. The first-order valence-corrected chi connectivity index (χ1v) is 14.5. The minimum atomic E-state index is -2.67. The summed E-state index contributed by atoms with van der Waals surface area (Å²) in [5.74, 6) is -6.55. The fraction of sp³-hybridized carbons (Fsp3) is 0.406. The zero-order chi connectivity index (χ0) is 31.5. The summed E-state index contributed by atoms with van der Waals surface area (Å²) in [7, 11) is 6.88. The van der Waals surface area contributed by atoms with Gasteiger partial charge in [0.15, 0.2) is 11.4 Å². The molecular formula is C32H36ClN3O7. The van der Waals surface area contributed by atoms with Crippen LogP contribution >= 0.6 is 11.6 Å². The van der Waals surface area contributed by atoms with E-state index in [2.05, 4.69) is 0 Å². The number of carbonyl (C=O) groups excluding carboxylic acids is 3. The number of rotatable bonds is 7. The second-order valence-corrected chi connectivity index (χ2v) is 12.5. The number of phenolic OH excluding ortho intramolecular Hbond substituents is 1. The number of phenols is 1. The van der Waals surface area contributed by atoms with Crippen LogP contribution in [-0.4, -0.2) is 82.6 Å². The highest BCUT2D eigenvalue weighted by atomic mass is 35.5. The Kier molecular flexibility index (Phi) is 7.83. The van der Waals surface area contributed by atoms with Crippen LogP contribution in [0.1, 0.15) is 39.9 Å². The molecule has 0 heterocycles. The Morgan fingerprint density at radius 3 is 2.30 bits per heavy atom. The summed E-state index contributed by atoms with van der Waals surface area (Å²) in [5.41, 5.74) is 4.75. The number of likely N-dealkylation sites (N-methyl/N-ethyl adjacent to an activating group) is 1. The fourth-order valence-electron chi connectivity index (χ4n) is 7.08. The number of ketones is 2. The summed E-state index contributed by atoms with van der Waals surface area (Å²) >= 11 is 5.99. The third-order valence-corrected chi connectivity index (χ3v) is 9.34. The number of hydrogen-bond donors (Lipinski definition) is 5. The van der Waals surface area contributed by atoms with Gasteiger partial charge in [0.05, 0.1) is 11.6 Å². The van der Waals surface area contributed by atoms with Gasteiger partial charge >= 0.3 is 0 Å². The highest BCUT2D eigenvalue weighted by molar-refractivity contribution is 6.30. The Hall–Kier alpha value is -3.86. The van der Waals surface area contributed by atoms with Crippen molar-refractivity contribution in [2.45, 2.75) is 43.7 Å². The van der Waals surface area contributed by atoms with Crippen molar-refractivity contribution in [3.05, 3.63) is 80.3 Å². The van der Waals surface area contributed by atoms with Crippen LogP contribution in [0.15, 0.2) is 53.0 Å². The van der Waals surface area contributed by atoms with E-state index in [4.69, 9.17) is 17.3 Å². The smallest absolute Gasteiger partial charge is 0.255 e. The quantitative estimate of drug-likeness (QED) is 0.297. The number of nitrogens with zero attached hydrogens (tertiary/aromatic N) is 2. The molecule has 228 valence electrons. The molecule has 0 radical (unpaired) electrons. The van der Waals surface area contributed by atoms with Crippen LogP contribution in [-0.2, 0) is 28.9 Å². The molecule has 43 heavy (non-hydrogen) atoms. The SMILES string of the molecule is CN(C)c1cc(CCCc2ccc(Cl)cc2)c(O)c2c1C[C@H]1C[C@H]3[C@H](N(C)C)C(O)=C(C(N)=O)C(=O)[C@@]3(O)C(O)=C1C2=O. The van der Waals surface area contributed by atoms with Gasteiger partial charge in [0.25, 0.3) is 5.91 Å². The van der Waals surface area contributed by atoms with Gasteiger partial charge in [0.2, 0.25) is 5.78 Å². The average Bonchev–Trinajstić information content (AvgIpc) is 2.92. The number of hydrogen-bond acceptors (Lipinski definition) is 9. The molecule has 3 aliphatic carbocycles. The van der Waals surface area contributed by atoms with Crippen LogP contribution in [0.3, 0.4) is 0 Å². The maximum Gasteiger partial charge on any atom is 0.255 e. The maximum absolute atomic E-state index is 14.2. The molecule has 0 saturated heterocycles. The second kappa shape index (κ2) is 11.0. The first-order valence-electron chi connectivity index (χ1n) is 14.1. The van der Waals surface area contributed by atoms with Crippen molar-refractivity contribution in [3.8, 4) is 5.75 Å². The molecule has 2 aromatic carbocycles. The van der Waals surface area contributed by atoms with E-state index in [1.807, 2.05) is 49.3 Å². The minimum absolute atomic E-state index is 0.0217. The van der Waals surface area contributed by atoms with Crippen LogP contribution < -0.4 is 10.6 Å². The molecule has 1 amide bonds. The van der Waals surface area contributed by atoms with E-state index < -0.39 is 58.0 Å². The van der Waals surface area contributed by atoms with E-state index in [0.717, 1.165) is 17.7 Å². The number of aliphatic hydroxyl groups is 3. The molecule has 4 atom stereocenters. The zero-order valence-electron chi connectivity index (χ0n) is 24.5. The van der Waals surface area contributed by atoms with Crippen molar-refractivity contribution < 1.29 is 34.8 Å². The Morgan fingerprint density at radius 1 is 1.07 bits per heavy atom. The molecule has 3 aliphatic rings. The molecule has 2 aromatic rings. The van der Waals surface area contributed by atoms with Gasteiger partial charge in [0, 0.05) is 36.3 Å². The Morgan fingerprint density at radius 2 is 1.72 bits per heavy atom. The number of carbonyl (C=O) groups is 3. The highest BCUT2D eigenvalue weighted by Crippen LogP contribution is 2.53. The fourth-order valence-corrected chi connectivity index (χ4v) is 7.20. The molecule has 0 saturated carbocycles. The van der Waals surface area contributed by atoms with Gasteiger partial charge in [-0.2, -0.15) is 0 Å². The molecule has 5 rings (SSSR count). The standard InChI is InChI=1S/C32H36ClN3O7/c1-35(2)21-14-16(7-5-6-15-8-10-18(33)11-9-15)26(37)23-19(21)12-17-13-20-25(36(3)4)28(39)24(31(34)42)30(41)32(20,43)29(40)22(17)27(23)38/h8-11,14,17,20,25,37,39-40,43H,5-7,12-13H2,1-4H3,(H2,34,42)/t17-,20-,25-,32-/m0/s1. The molecular weight excluding hydrogens is 574 g/mol. The molecule has 0 fully saturated rings. The van der Waals surface area contributed by atoms with Gasteiger partial charge < -0.3 is 31.1 Å². The summed E-state index contributed by atoms with van der Waals surface area (Å²) in [5, 5.41) is 46.4. The van der Waals surface area contributed by atoms with E-state index in [-0.39, 0.29) is 29.7 Å². The topological polar surface area (TPSA) is 165 Å². The number of anilines is 1. The van der Waals surface area contributed by atoms with Gasteiger partial charge in [-0.15, -0.1) is 0 Å². The molecule has 0 aliphatic heterocycles. The number of aliphatic hydroxyl groups excluding tert-OH is 2. The van der Waals surface area contributed by atoms with Crippen LogP contribution in [0.4, 0.5) is 5.69 Å². The van der Waals surface area contributed by atoms with E-state index in [0.29, 0.717) is 29.0 Å². The summed E-state index contributed by atoms with van der Waals surface area (Å²) < 4.78 is 0. The third-order valence-electron chi connectivity index (χ3n) is 9.08. The Bertz CT molecular complexity index is 1590. The first kappa shape index (κ1) is 30.6. The van der Waals surface area contributed by atoms with Crippen molar-refractivity contribution in [2.24, 2.45) is 17.6 Å². The van der Waals surface area contributed by atoms with Gasteiger partial charge in [-0.05, 0) is 87.0 Å². The van der Waals surface area contributed by atoms with Crippen LogP contribution in [0, 0.1) is 11.8 Å². The minimum Gasteiger partial charge on any atom is -0.510 e. The molecule has 0 unspecified atom stereocenters. The van der Waals surface area contributed by atoms with Gasteiger partial charge in [-0.25, -0.2) is 0 Å². The number of primary amides is 1. The van der Waals surface area contributed by atoms with Crippen LogP contribution in [0.2, 0.25) is 5.02 Å². The average molecular weight is 610 g/mol. The summed E-state index contributed by atoms with van der Waals surface area (Å²) in [6, 6.07) is 8.35. The number of aryl methyl sites for hydroxylation is 2. The Balaban J connectivity index is 1.59. The molecule has 0 aromatic heterocycles. The van der Waals surface area contributed by atoms with Crippen LogP contribution in [0.25, 0.3) is 0 Å². The number of halogens is 1. The number of Topliss-reactive ketones (excluding diaryl/α,β-unsaturated/α-hetero) is 2. The van der Waals surface area contributed by atoms with Gasteiger partial charge in [-0.3, -0.25) is 19.3 Å². The molecule has 10 nitrogen and oxygen atoms in total. The lowest BCUT2D eigenvalue weighted by Crippen LogP contribution is -2.63. The van der Waals surface area contributed by atoms with Gasteiger partial charge in [0.1, 0.15) is 22.8 Å². The largest absolute Gasteiger partial charge is 0.510 e. The number of benzene rings is 2. The summed E-state index contributed by atoms with van der Waals surface area (Å²) in [6.07, 6.45) is 2.15. The van der Waals surface area contributed by atoms with E-state index >= 15 is 0 Å². The molecule has 0 spiro atoms. The van der Waals surface area contributed by atoms with Gasteiger partial charge in [-0.1, -0.05) is 23.7 Å². The monoisotopic (exact) mass is 609 g/mol. The number of amides is 1. The van der Waals surface area contributed by atoms with E-state index in [1.54, 1.807) is 14.1 Å². The normalized spacial score (nSPS) is 25.0. The highest BCUT2D eigenvalue weighted by Gasteiger charge is 2.63. The number of nitrogens with two attached hydrogens (primary N) is 1. The van der Waals surface area contributed by atoms with E-state index in [9.17, 15) is 34.8 Å². The van der Waals surface area contributed by atoms with Crippen molar-refractivity contribution in [1.82, 2.24) is 4.90 Å². The number of allylic oxidation sites excluding steroid dienone is 1. The molecule has 11 heteroatoms. The third kappa shape index (κ3) is 4.77. The number of aromatic hydroxyl groups is 1. The second-order valence-electron chi connectivity index (χ2n) is 12.1. The lowest BCUT2D eigenvalue weighted by Gasteiger charge is -2.50. The number of fused-ring (bicyclic) bond motifs is 3.